The molecule has 1 aliphatic rings. The molecule has 0 bridgehead atoms. The van der Waals surface area contributed by atoms with E-state index in [9.17, 15) is 4.79 Å². The van der Waals surface area contributed by atoms with E-state index < -0.39 is 0 Å². The molecule has 0 aromatic heterocycles. The van der Waals surface area contributed by atoms with Crippen LogP contribution in [-0.4, -0.2) is 12.6 Å². The summed E-state index contributed by atoms with van der Waals surface area (Å²) in [6.07, 6.45) is 2.11. The SMILES string of the molecule is CCOC(=O)c1cc2c3c(cccc3c1)CC2. The number of aryl methyl sites for hydroxylation is 2. The molecule has 1 aliphatic carbocycles. The van der Waals surface area contributed by atoms with Gasteiger partial charge in [-0.3, -0.25) is 0 Å². The van der Waals surface area contributed by atoms with Crippen molar-refractivity contribution in [1.82, 2.24) is 0 Å². The highest BCUT2D eigenvalue weighted by Crippen LogP contribution is 2.31. The third kappa shape index (κ3) is 1.60. The predicted octanol–water partition coefficient (Wildman–Crippen LogP) is 3.12. The van der Waals surface area contributed by atoms with Crippen LogP contribution in [0.1, 0.15) is 28.4 Å². The molecule has 17 heavy (non-hydrogen) atoms. The second-order valence-corrected chi connectivity index (χ2v) is 4.37. The van der Waals surface area contributed by atoms with E-state index in [1.165, 1.54) is 16.5 Å². The summed E-state index contributed by atoms with van der Waals surface area (Å²) in [5, 5.41) is 2.49. The first kappa shape index (κ1) is 10.3. The van der Waals surface area contributed by atoms with E-state index in [4.69, 9.17) is 4.74 Å². The van der Waals surface area contributed by atoms with Gasteiger partial charge in [-0.15, -0.1) is 0 Å². The first-order valence-electron chi connectivity index (χ1n) is 6.01. The molecule has 0 fully saturated rings. The van der Waals surface area contributed by atoms with E-state index in [0.717, 1.165) is 18.2 Å². The van der Waals surface area contributed by atoms with E-state index in [0.29, 0.717) is 12.2 Å². The minimum atomic E-state index is -0.219. The van der Waals surface area contributed by atoms with Gasteiger partial charge in [0.1, 0.15) is 0 Å². The first-order valence-corrected chi connectivity index (χ1v) is 6.01. The van der Waals surface area contributed by atoms with Crippen LogP contribution in [0.25, 0.3) is 10.8 Å². The number of hydrogen-bond donors (Lipinski definition) is 0. The molecule has 0 unspecified atom stereocenters. The highest BCUT2D eigenvalue weighted by atomic mass is 16.5. The zero-order valence-electron chi connectivity index (χ0n) is 9.82. The Bertz CT molecular complexity index is 599. The maximum absolute atomic E-state index is 11.8. The van der Waals surface area contributed by atoms with Crippen LogP contribution in [0, 0.1) is 0 Å². The van der Waals surface area contributed by atoms with E-state index in [2.05, 4.69) is 18.2 Å². The lowest BCUT2D eigenvalue weighted by Crippen LogP contribution is -2.05. The lowest BCUT2D eigenvalue weighted by atomic mass is 10.0. The van der Waals surface area contributed by atoms with Gasteiger partial charge in [0, 0.05) is 0 Å². The topological polar surface area (TPSA) is 26.3 Å². The van der Waals surface area contributed by atoms with Gasteiger partial charge in [-0.2, -0.15) is 0 Å². The molecule has 2 aromatic rings. The third-order valence-corrected chi connectivity index (χ3v) is 3.32. The molecule has 0 spiro atoms. The number of ether oxygens (including phenoxy) is 1. The van der Waals surface area contributed by atoms with Crippen molar-refractivity contribution in [2.75, 3.05) is 6.61 Å². The maximum Gasteiger partial charge on any atom is 0.338 e. The fourth-order valence-electron chi connectivity index (χ4n) is 2.61. The van der Waals surface area contributed by atoms with Crippen LogP contribution in [0.3, 0.4) is 0 Å². The monoisotopic (exact) mass is 226 g/mol. The van der Waals surface area contributed by atoms with E-state index in [1.54, 1.807) is 0 Å². The Kier molecular flexibility index (Phi) is 2.36. The lowest BCUT2D eigenvalue weighted by Gasteiger charge is -2.06. The van der Waals surface area contributed by atoms with Crippen molar-refractivity contribution in [3.8, 4) is 0 Å². The average Bonchev–Trinajstić information content (AvgIpc) is 2.75. The maximum atomic E-state index is 11.8. The Morgan fingerprint density at radius 2 is 2.06 bits per heavy atom. The fraction of sp³-hybridized carbons (Fsp3) is 0.267. The Morgan fingerprint density at radius 3 is 2.88 bits per heavy atom. The van der Waals surface area contributed by atoms with Gasteiger partial charge < -0.3 is 4.74 Å². The van der Waals surface area contributed by atoms with Gasteiger partial charge in [0.05, 0.1) is 12.2 Å². The van der Waals surface area contributed by atoms with Gasteiger partial charge in [0.2, 0.25) is 0 Å². The van der Waals surface area contributed by atoms with Crippen molar-refractivity contribution < 1.29 is 9.53 Å². The predicted molar refractivity (Wildman–Crippen MR) is 67.3 cm³/mol. The summed E-state index contributed by atoms with van der Waals surface area (Å²) in [7, 11) is 0. The molecule has 2 heteroatoms. The Balaban J connectivity index is 2.17. The fourth-order valence-corrected chi connectivity index (χ4v) is 2.61. The van der Waals surface area contributed by atoms with Crippen molar-refractivity contribution in [3.05, 3.63) is 47.0 Å². The zero-order chi connectivity index (χ0) is 11.8. The summed E-state index contributed by atoms with van der Waals surface area (Å²) in [4.78, 5) is 11.8. The van der Waals surface area contributed by atoms with Crippen LogP contribution in [-0.2, 0) is 17.6 Å². The molecule has 3 rings (SSSR count). The molecular weight excluding hydrogens is 212 g/mol. The van der Waals surface area contributed by atoms with Gasteiger partial charge in [-0.1, -0.05) is 18.2 Å². The molecular formula is C15H14O2. The summed E-state index contributed by atoms with van der Waals surface area (Å²) >= 11 is 0. The molecule has 0 N–H and O–H groups in total. The lowest BCUT2D eigenvalue weighted by molar-refractivity contribution is 0.0526. The van der Waals surface area contributed by atoms with E-state index >= 15 is 0 Å². The number of benzene rings is 2. The molecule has 0 heterocycles. The number of rotatable bonds is 2. The largest absolute Gasteiger partial charge is 0.462 e. The summed E-state index contributed by atoms with van der Waals surface area (Å²) in [5.74, 6) is -0.219. The molecule has 0 saturated carbocycles. The van der Waals surface area contributed by atoms with Crippen molar-refractivity contribution in [1.29, 1.82) is 0 Å². The highest BCUT2D eigenvalue weighted by molar-refractivity contribution is 5.99. The molecule has 0 aliphatic heterocycles. The Hall–Kier alpha value is -1.83. The third-order valence-electron chi connectivity index (χ3n) is 3.32. The van der Waals surface area contributed by atoms with Gasteiger partial charge in [-0.05, 0) is 53.8 Å². The van der Waals surface area contributed by atoms with E-state index in [-0.39, 0.29) is 5.97 Å². The first-order chi connectivity index (χ1) is 8.29. The van der Waals surface area contributed by atoms with Crippen LogP contribution < -0.4 is 0 Å². The molecule has 0 amide bonds. The van der Waals surface area contributed by atoms with Crippen LogP contribution in [0.15, 0.2) is 30.3 Å². The Morgan fingerprint density at radius 1 is 1.24 bits per heavy atom. The summed E-state index contributed by atoms with van der Waals surface area (Å²) in [6, 6.07) is 10.2. The van der Waals surface area contributed by atoms with Gasteiger partial charge in [0.15, 0.2) is 0 Å². The van der Waals surface area contributed by atoms with Crippen molar-refractivity contribution >= 4 is 16.7 Å². The van der Waals surface area contributed by atoms with Gasteiger partial charge in [-0.25, -0.2) is 4.79 Å². The number of esters is 1. The average molecular weight is 226 g/mol. The highest BCUT2D eigenvalue weighted by Gasteiger charge is 2.17. The quantitative estimate of drug-likeness (QED) is 0.735. The number of carbonyl (C=O) groups excluding carboxylic acids is 1. The standard InChI is InChI=1S/C15H14O2/c1-2-17-15(16)13-8-11-5-3-4-10-6-7-12(9-13)14(10)11/h3-5,8-9H,2,6-7H2,1H3. The summed E-state index contributed by atoms with van der Waals surface area (Å²) < 4.78 is 5.05. The zero-order valence-corrected chi connectivity index (χ0v) is 9.82. The van der Waals surface area contributed by atoms with Crippen molar-refractivity contribution in [3.63, 3.8) is 0 Å². The molecule has 0 saturated heterocycles. The summed E-state index contributed by atoms with van der Waals surface area (Å²) in [6.45, 7) is 2.25. The number of hydrogen-bond acceptors (Lipinski definition) is 2. The minimum absolute atomic E-state index is 0.219. The van der Waals surface area contributed by atoms with Crippen LogP contribution in [0.5, 0.6) is 0 Å². The minimum Gasteiger partial charge on any atom is -0.462 e. The molecule has 2 aromatic carbocycles. The normalized spacial score (nSPS) is 13.0. The second kappa shape index (κ2) is 3.88. The Labute approximate surface area is 100 Å². The van der Waals surface area contributed by atoms with Crippen molar-refractivity contribution in [2.24, 2.45) is 0 Å². The van der Waals surface area contributed by atoms with Crippen molar-refractivity contribution in [2.45, 2.75) is 19.8 Å². The van der Waals surface area contributed by atoms with Gasteiger partial charge in [0.25, 0.3) is 0 Å². The second-order valence-electron chi connectivity index (χ2n) is 4.37. The van der Waals surface area contributed by atoms with E-state index in [1.807, 2.05) is 19.1 Å². The van der Waals surface area contributed by atoms with Crippen LogP contribution in [0.2, 0.25) is 0 Å². The van der Waals surface area contributed by atoms with Crippen LogP contribution in [0.4, 0.5) is 0 Å². The molecule has 0 radical (unpaired) electrons. The number of carbonyl (C=O) groups is 1. The smallest absolute Gasteiger partial charge is 0.338 e. The van der Waals surface area contributed by atoms with Crippen LogP contribution >= 0.6 is 0 Å². The van der Waals surface area contributed by atoms with Gasteiger partial charge >= 0.3 is 5.97 Å². The molecule has 0 atom stereocenters. The summed E-state index contributed by atoms with van der Waals surface area (Å²) in [5.41, 5.74) is 3.35. The molecule has 2 nitrogen and oxygen atoms in total. The molecule has 86 valence electrons.